The van der Waals surface area contributed by atoms with Gasteiger partial charge in [0, 0.05) is 29.6 Å². The van der Waals surface area contributed by atoms with Gasteiger partial charge in [-0.25, -0.2) is 4.79 Å². The molecule has 0 aliphatic rings. The van der Waals surface area contributed by atoms with Crippen molar-refractivity contribution in [3.63, 3.8) is 0 Å². The zero-order valence-corrected chi connectivity index (χ0v) is 17.2. The normalized spacial score (nSPS) is 10.4. The molecule has 0 spiro atoms. The Kier molecular flexibility index (Phi) is 7.41. The molecule has 156 valence electrons. The fourth-order valence-electron chi connectivity index (χ4n) is 2.95. The predicted octanol–water partition coefficient (Wildman–Crippen LogP) is 2.72. The Morgan fingerprint density at radius 3 is 2.10 bits per heavy atom. The summed E-state index contributed by atoms with van der Waals surface area (Å²) in [4.78, 5) is 36.3. The van der Waals surface area contributed by atoms with Gasteiger partial charge in [0.15, 0.2) is 6.61 Å². The van der Waals surface area contributed by atoms with Gasteiger partial charge in [0.1, 0.15) is 11.5 Å². The molecule has 2 aromatic rings. The van der Waals surface area contributed by atoms with E-state index in [9.17, 15) is 14.4 Å². The summed E-state index contributed by atoms with van der Waals surface area (Å²) >= 11 is 0. The fourth-order valence-corrected chi connectivity index (χ4v) is 2.95. The second-order valence-electron chi connectivity index (χ2n) is 6.36. The van der Waals surface area contributed by atoms with E-state index < -0.39 is 12.6 Å². The van der Waals surface area contributed by atoms with Crippen molar-refractivity contribution in [3.8, 4) is 11.5 Å². The van der Waals surface area contributed by atoms with Gasteiger partial charge in [0.2, 0.25) is 5.78 Å². The third kappa shape index (κ3) is 5.37. The lowest BCUT2D eigenvalue weighted by Crippen LogP contribution is -2.15. The first kappa shape index (κ1) is 22.0. The highest BCUT2D eigenvalue weighted by Crippen LogP contribution is 2.23. The van der Waals surface area contributed by atoms with Gasteiger partial charge in [-0.05, 0) is 32.0 Å². The minimum absolute atomic E-state index is 0.202. The van der Waals surface area contributed by atoms with Crippen LogP contribution in [0.1, 0.15) is 38.5 Å². The van der Waals surface area contributed by atoms with Crippen LogP contribution in [-0.4, -0.2) is 50.2 Å². The molecular weight excluding hydrogens is 378 g/mol. The molecule has 0 N–H and O–H groups in total. The van der Waals surface area contributed by atoms with E-state index in [1.807, 2.05) is 11.5 Å². The number of carbonyl (C=O) groups is 3. The van der Waals surface area contributed by atoms with Crippen molar-refractivity contribution in [3.05, 3.63) is 46.8 Å². The summed E-state index contributed by atoms with van der Waals surface area (Å²) in [6, 6.07) is 6.37. The monoisotopic (exact) mass is 403 g/mol. The van der Waals surface area contributed by atoms with E-state index >= 15 is 0 Å². The largest absolute Gasteiger partial charge is 0.497 e. The number of esters is 2. The summed E-state index contributed by atoms with van der Waals surface area (Å²) in [5.41, 5.74) is 2.20. The smallest absolute Gasteiger partial charge is 0.338 e. The Morgan fingerprint density at radius 1 is 0.931 bits per heavy atom. The number of Topliss-reactive ketones (excluding diaryl/α,β-unsaturated/α-hetero) is 1. The molecule has 0 saturated heterocycles. The summed E-state index contributed by atoms with van der Waals surface area (Å²) in [6.45, 7) is 3.63. The minimum Gasteiger partial charge on any atom is -0.497 e. The minimum atomic E-state index is -0.657. The van der Waals surface area contributed by atoms with Crippen LogP contribution in [0.3, 0.4) is 0 Å². The van der Waals surface area contributed by atoms with Crippen molar-refractivity contribution in [2.45, 2.75) is 26.8 Å². The molecule has 0 atom stereocenters. The number of ketones is 1. The van der Waals surface area contributed by atoms with Gasteiger partial charge in [-0.15, -0.1) is 0 Å². The second kappa shape index (κ2) is 9.77. The summed E-state index contributed by atoms with van der Waals surface area (Å²) in [6.07, 6.45) is 0.202. The van der Waals surface area contributed by atoms with E-state index in [1.54, 1.807) is 19.1 Å². The lowest BCUT2D eigenvalue weighted by molar-refractivity contribution is -0.140. The number of carbonyl (C=O) groups excluding carboxylic acids is 3. The quantitative estimate of drug-likeness (QED) is 0.469. The molecule has 1 aromatic heterocycles. The van der Waals surface area contributed by atoms with Crippen molar-refractivity contribution in [2.75, 3.05) is 27.9 Å². The topological polar surface area (TPSA) is 93.1 Å². The number of aromatic nitrogens is 1. The van der Waals surface area contributed by atoms with E-state index in [1.165, 1.54) is 33.5 Å². The fraction of sp³-hybridized carbons (Fsp3) is 0.381. The first-order valence-corrected chi connectivity index (χ1v) is 8.97. The third-order valence-electron chi connectivity index (χ3n) is 4.56. The van der Waals surface area contributed by atoms with Gasteiger partial charge in [-0.3, -0.25) is 9.59 Å². The predicted molar refractivity (Wildman–Crippen MR) is 105 cm³/mol. The Bertz CT molecular complexity index is 892. The summed E-state index contributed by atoms with van der Waals surface area (Å²) in [5, 5.41) is 0. The molecule has 29 heavy (non-hydrogen) atoms. The van der Waals surface area contributed by atoms with Crippen LogP contribution in [0.25, 0.3) is 0 Å². The number of rotatable bonds is 9. The Hall–Kier alpha value is -3.29. The average Bonchev–Trinajstić information content (AvgIpc) is 3.02. The lowest BCUT2D eigenvalue weighted by atomic mass is 10.1. The number of nitrogens with zero attached hydrogens (tertiary/aromatic N) is 1. The van der Waals surface area contributed by atoms with Gasteiger partial charge < -0.3 is 23.5 Å². The maximum atomic E-state index is 12.6. The number of aryl methyl sites for hydroxylation is 1. The van der Waals surface area contributed by atoms with E-state index in [4.69, 9.17) is 14.2 Å². The molecule has 0 saturated carbocycles. The second-order valence-corrected chi connectivity index (χ2v) is 6.36. The summed E-state index contributed by atoms with van der Waals surface area (Å²) < 4.78 is 22.0. The van der Waals surface area contributed by atoms with Crippen molar-refractivity contribution in [1.82, 2.24) is 4.57 Å². The zero-order valence-electron chi connectivity index (χ0n) is 17.2. The highest BCUT2D eigenvalue weighted by atomic mass is 16.5. The Labute approximate surface area is 169 Å². The number of methoxy groups -OCH3 is 3. The summed E-state index contributed by atoms with van der Waals surface area (Å²) in [7, 11) is 4.28. The van der Waals surface area contributed by atoms with Crippen LogP contribution in [0, 0.1) is 13.8 Å². The molecule has 1 heterocycles. The number of ether oxygens (including phenoxy) is 4. The van der Waals surface area contributed by atoms with Gasteiger partial charge >= 0.3 is 11.9 Å². The highest BCUT2D eigenvalue weighted by molar-refractivity contribution is 6.00. The molecule has 0 fully saturated rings. The standard InChI is InChI=1S/C21H25NO7/c1-13-8-18(14(2)22(13)7-6-20(24)28-5)19(23)12-29-21(25)15-9-16(26-3)11-17(10-15)27-4/h8-11H,6-7,12H2,1-5H3. The van der Waals surface area contributed by atoms with Crippen LogP contribution in [-0.2, 0) is 20.8 Å². The van der Waals surface area contributed by atoms with E-state index in [2.05, 4.69) is 4.74 Å². The van der Waals surface area contributed by atoms with Crippen LogP contribution in [0.15, 0.2) is 24.3 Å². The van der Waals surface area contributed by atoms with Crippen molar-refractivity contribution < 1.29 is 33.3 Å². The molecule has 0 bridgehead atoms. The maximum Gasteiger partial charge on any atom is 0.338 e. The van der Waals surface area contributed by atoms with Crippen LogP contribution >= 0.6 is 0 Å². The molecular formula is C21H25NO7. The molecule has 8 heteroatoms. The lowest BCUT2D eigenvalue weighted by Gasteiger charge is -2.10. The molecule has 0 unspecified atom stereocenters. The molecule has 8 nitrogen and oxygen atoms in total. The van der Waals surface area contributed by atoms with Crippen LogP contribution < -0.4 is 9.47 Å². The zero-order chi connectivity index (χ0) is 21.6. The van der Waals surface area contributed by atoms with Crippen LogP contribution in [0.5, 0.6) is 11.5 Å². The highest BCUT2D eigenvalue weighted by Gasteiger charge is 2.19. The van der Waals surface area contributed by atoms with Gasteiger partial charge in [0.05, 0.1) is 33.3 Å². The van der Waals surface area contributed by atoms with Crippen LogP contribution in [0.4, 0.5) is 0 Å². The number of hydrogen-bond donors (Lipinski definition) is 0. The molecule has 1 aromatic carbocycles. The molecule has 0 amide bonds. The molecule has 0 radical (unpaired) electrons. The Balaban J connectivity index is 2.07. The Morgan fingerprint density at radius 2 is 1.55 bits per heavy atom. The van der Waals surface area contributed by atoms with E-state index in [-0.39, 0.29) is 23.7 Å². The number of hydrogen-bond acceptors (Lipinski definition) is 7. The first-order valence-electron chi connectivity index (χ1n) is 8.97. The van der Waals surface area contributed by atoms with Crippen molar-refractivity contribution in [2.24, 2.45) is 0 Å². The maximum absolute atomic E-state index is 12.6. The first-order chi connectivity index (χ1) is 13.8. The number of benzene rings is 1. The third-order valence-corrected chi connectivity index (χ3v) is 4.56. The SMILES string of the molecule is COC(=O)CCn1c(C)cc(C(=O)COC(=O)c2cc(OC)cc(OC)c2)c1C. The van der Waals surface area contributed by atoms with Gasteiger partial charge in [0.25, 0.3) is 0 Å². The van der Waals surface area contributed by atoms with E-state index in [0.717, 1.165) is 5.69 Å². The molecule has 0 aliphatic carbocycles. The van der Waals surface area contributed by atoms with Gasteiger partial charge in [-0.1, -0.05) is 0 Å². The average molecular weight is 403 g/mol. The molecule has 0 aliphatic heterocycles. The van der Waals surface area contributed by atoms with Crippen LogP contribution in [0.2, 0.25) is 0 Å². The summed E-state index contributed by atoms with van der Waals surface area (Å²) in [5.74, 6) is -0.428. The molecule has 2 rings (SSSR count). The van der Waals surface area contributed by atoms with E-state index in [0.29, 0.717) is 29.3 Å². The van der Waals surface area contributed by atoms with Crippen molar-refractivity contribution in [1.29, 1.82) is 0 Å². The van der Waals surface area contributed by atoms with Gasteiger partial charge in [-0.2, -0.15) is 0 Å². The van der Waals surface area contributed by atoms with Crippen molar-refractivity contribution >= 4 is 17.7 Å².